The maximum Gasteiger partial charge on any atom is 0.275 e. The molecule has 0 saturated carbocycles. The van der Waals surface area contributed by atoms with Crippen LogP contribution < -0.4 is 5.56 Å². The van der Waals surface area contributed by atoms with Crippen LogP contribution in [0.5, 0.6) is 0 Å². The lowest BCUT2D eigenvalue weighted by atomic mass is 9.93. The van der Waals surface area contributed by atoms with Gasteiger partial charge in [-0.05, 0) is 31.7 Å². The topological polar surface area (TPSA) is 66.1 Å². The average molecular weight is 285 g/mol. The molecule has 1 aromatic carbocycles. The van der Waals surface area contributed by atoms with Crippen molar-refractivity contribution in [2.45, 2.75) is 32.7 Å². The largest absolute Gasteiger partial charge is 0.335 e. The molecule has 1 fully saturated rings. The number of H-pyrrole nitrogens is 1. The number of nitrogens with zero attached hydrogens (tertiary/aromatic N) is 2. The van der Waals surface area contributed by atoms with E-state index in [2.05, 4.69) is 24.0 Å². The van der Waals surface area contributed by atoms with Crippen LogP contribution in [0, 0.1) is 5.92 Å². The fraction of sp³-hybridized carbons (Fsp3) is 0.438. The quantitative estimate of drug-likeness (QED) is 0.873. The highest BCUT2D eigenvalue weighted by molar-refractivity contribution is 6.04. The fourth-order valence-electron chi connectivity index (χ4n) is 3.12. The number of hydrogen-bond donors (Lipinski definition) is 1. The average Bonchev–Trinajstić information content (AvgIpc) is 2.47. The highest BCUT2D eigenvalue weighted by Crippen LogP contribution is 2.24. The molecule has 1 aliphatic rings. The van der Waals surface area contributed by atoms with Gasteiger partial charge in [0, 0.05) is 18.0 Å². The van der Waals surface area contributed by atoms with Crippen LogP contribution in [0.25, 0.3) is 10.8 Å². The van der Waals surface area contributed by atoms with Crippen LogP contribution >= 0.6 is 0 Å². The Hall–Kier alpha value is -2.17. The first-order chi connectivity index (χ1) is 10.1. The number of aromatic nitrogens is 2. The molecule has 0 bridgehead atoms. The van der Waals surface area contributed by atoms with E-state index in [1.54, 1.807) is 18.2 Å². The number of hydrogen-bond acceptors (Lipinski definition) is 3. The molecule has 5 nitrogen and oxygen atoms in total. The molecular weight excluding hydrogens is 266 g/mol. The van der Waals surface area contributed by atoms with Gasteiger partial charge < -0.3 is 4.90 Å². The third kappa shape index (κ3) is 2.44. The van der Waals surface area contributed by atoms with E-state index in [1.165, 1.54) is 0 Å². The number of aromatic amines is 1. The Balaban J connectivity index is 2.03. The number of carbonyl (C=O) groups excluding carboxylic acids is 1. The minimum absolute atomic E-state index is 0.0955. The van der Waals surface area contributed by atoms with Gasteiger partial charge in [-0.15, -0.1) is 0 Å². The van der Waals surface area contributed by atoms with E-state index in [4.69, 9.17) is 0 Å². The van der Waals surface area contributed by atoms with E-state index in [0.717, 1.165) is 19.4 Å². The van der Waals surface area contributed by atoms with Crippen LogP contribution in [0.1, 0.15) is 37.2 Å². The maximum atomic E-state index is 12.8. The van der Waals surface area contributed by atoms with Crippen LogP contribution in [-0.2, 0) is 0 Å². The van der Waals surface area contributed by atoms with Gasteiger partial charge >= 0.3 is 0 Å². The molecule has 2 heterocycles. The van der Waals surface area contributed by atoms with Gasteiger partial charge in [-0.25, -0.2) is 5.10 Å². The number of piperidine rings is 1. The summed E-state index contributed by atoms with van der Waals surface area (Å²) in [5.74, 6) is 0.547. The van der Waals surface area contributed by atoms with Crippen molar-refractivity contribution in [3.8, 4) is 0 Å². The Bertz CT molecular complexity index is 738. The summed E-state index contributed by atoms with van der Waals surface area (Å²) in [4.78, 5) is 26.4. The number of carbonyl (C=O) groups is 1. The second kappa shape index (κ2) is 5.31. The number of fused-ring (bicyclic) bond motifs is 1. The van der Waals surface area contributed by atoms with Gasteiger partial charge in [0.15, 0.2) is 5.69 Å². The molecular formula is C16H19N3O2. The van der Waals surface area contributed by atoms with Crippen LogP contribution in [0.15, 0.2) is 29.1 Å². The van der Waals surface area contributed by atoms with Crippen LogP contribution in [0.2, 0.25) is 0 Å². The molecule has 110 valence electrons. The van der Waals surface area contributed by atoms with Crippen molar-refractivity contribution >= 4 is 16.7 Å². The Morgan fingerprint density at radius 2 is 2.00 bits per heavy atom. The van der Waals surface area contributed by atoms with Crippen molar-refractivity contribution in [1.29, 1.82) is 0 Å². The molecule has 5 heteroatoms. The van der Waals surface area contributed by atoms with Crippen LogP contribution in [0.3, 0.4) is 0 Å². The van der Waals surface area contributed by atoms with E-state index in [0.29, 0.717) is 22.4 Å². The molecule has 21 heavy (non-hydrogen) atoms. The first-order valence-corrected chi connectivity index (χ1v) is 7.36. The Labute approximate surface area is 123 Å². The lowest BCUT2D eigenvalue weighted by molar-refractivity contribution is 0.0583. The summed E-state index contributed by atoms with van der Waals surface area (Å²) in [6.07, 6.45) is 2.02. The third-order valence-electron chi connectivity index (χ3n) is 4.30. The van der Waals surface area contributed by atoms with Gasteiger partial charge in [-0.1, -0.05) is 25.1 Å². The van der Waals surface area contributed by atoms with Crippen LogP contribution in [-0.4, -0.2) is 33.6 Å². The van der Waals surface area contributed by atoms with E-state index in [-0.39, 0.29) is 17.5 Å². The van der Waals surface area contributed by atoms with Gasteiger partial charge in [0.05, 0.1) is 5.39 Å². The van der Waals surface area contributed by atoms with Crippen molar-refractivity contribution < 1.29 is 4.79 Å². The number of amides is 1. The second-order valence-electron chi connectivity index (χ2n) is 5.92. The van der Waals surface area contributed by atoms with E-state index >= 15 is 0 Å². The van der Waals surface area contributed by atoms with Crippen molar-refractivity contribution in [2.24, 2.45) is 5.92 Å². The first-order valence-electron chi connectivity index (χ1n) is 7.36. The molecule has 2 atom stereocenters. The van der Waals surface area contributed by atoms with Gasteiger partial charge in [-0.3, -0.25) is 9.59 Å². The van der Waals surface area contributed by atoms with Crippen molar-refractivity contribution in [3.05, 3.63) is 40.3 Å². The lowest BCUT2D eigenvalue weighted by Gasteiger charge is -2.36. The zero-order chi connectivity index (χ0) is 15.0. The highest BCUT2D eigenvalue weighted by Gasteiger charge is 2.29. The Morgan fingerprint density at radius 3 is 2.71 bits per heavy atom. The molecule has 0 radical (unpaired) electrons. The second-order valence-corrected chi connectivity index (χ2v) is 5.92. The number of benzene rings is 1. The number of nitrogens with one attached hydrogen (secondary N) is 1. The molecule has 2 unspecified atom stereocenters. The monoisotopic (exact) mass is 285 g/mol. The SMILES string of the molecule is CC1CCN(C(=O)c2n[nH]c(=O)c3ccccc23)C(C)C1. The van der Waals surface area contributed by atoms with Crippen LogP contribution in [0.4, 0.5) is 0 Å². The van der Waals surface area contributed by atoms with E-state index < -0.39 is 0 Å². The molecule has 0 aliphatic carbocycles. The molecule has 1 saturated heterocycles. The standard InChI is InChI=1S/C16H19N3O2/c1-10-7-8-19(11(2)9-10)16(21)14-12-5-3-4-6-13(12)15(20)18-17-14/h3-6,10-11H,7-9H2,1-2H3,(H,18,20). The normalized spacial score (nSPS) is 22.5. The minimum atomic E-state index is -0.262. The first kappa shape index (κ1) is 13.8. The maximum absolute atomic E-state index is 12.8. The molecule has 1 aromatic heterocycles. The van der Waals surface area contributed by atoms with Crippen molar-refractivity contribution in [2.75, 3.05) is 6.54 Å². The molecule has 0 spiro atoms. The van der Waals surface area contributed by atoms with Crippen molar-refractivity contribution in [1.82, 2.24) is 15.1 Å². The molecule has 1 amide bonds. The Kier molecular flexibility index (Phi) is 3.49. The molecule has 3 rings (SSSR count). The predicted octanol–water partition coefficient (Wildman–Crippen LogP) is 2.18. The van der Waals surface area contributed by atoms with Gasteiger partial charge in [0.2, 0.25) is 0 Å². The predicted molar refractivity (Wildman–Crippen MR) is 81.3 cm³/mol. The molecule has 2 aromatic rings. The zero-order valence-electron chi connectivity index (χ0n) is 12.3. The van der Waals surface area contributed by atoms with Gasteiger partial charge in [-0.2, -0.15) is 5.10 Å². The van der Waals surface area contributed by atoms with E-state index in [9.17, 15) is 9.59 Å². The third-order valence-corrected chi connectivity index (χ3v) is 4.30. The van der Waals surface area contributed by atoms with Gasteiger partial charge in [0.25, 0.3) is 11.5 Å². The lowest BCUT2D eigenvalue weighted by Crippen LogP contribution is -2.44. The summed E-state index contributed by atoms with van der Waals surface area (Å²) in [6, 6.07) is 7.31. The summed E-state index contributed by atoms with van der Waals surface area (Å²) in [5.41, 5.74) is 0.0778. The smallest absolute Gasteiger partial charge is 0.275 e. The highest BCUT2D eigenvalue weighted by atomic mass is 16.2. The molecule has 1 aliphatic heterocycles. The number of rotatable bonds is 1. The summed E-state index contributed by atoms with van der Waals surface area (Å²) >= 11 is 0. The summed E-state index contributed by atoms with van der Waals surface area (Å²) < 4.78 is 0. The molecule has 1 N–H and O–H groups in total. The summed E-state index contributed by atoms with van der Waals surface area (Å²) in [7, 11) is 0. The summed E-state index contributed by atoms with van der Waals surface area (Å²) in [5, 5.41) is 7.57. The Morgan fingerprint density at radius 1 is 1.29 bits per heavy atom. The fourth-order valence-corrected chi connectivity index (χ4v) is 3.12. The summed E-state index contributed by atoms with van der Waals surface area (Å²) in [6.45, 7) is 5.03. The zero-order valence-corrected chi connectivity index (χ0v) is 12.3. The van der Waals surface area contributed by atoms with Crippen molar-refractivity contribution in [3.63, 3.8) is 0 Å². The number of likely N-dealkylation sites (tertiary alicyclic amines) is 1. The van der Waals surface area contributed by atoms with E-state index in [1.807, 2.05) is 11.0 Å². The van der Waals surface area contributed by atoms with Gasteiger partial charge in [0.1, 0.15) is 0 Å². The minimum Gasteiger partial charge on any atom is -0.335 e.